The third-order valence-corrected chi connectivity index (χ3v) is 3.97. The highest BCUT2D eigenvalue weighted by molar-refractivity contribution is 6.39. The van der Waals surface area contributed by atoms with Crippen LogP contribution in [0.4, 0.5) is 16.2 Å². The van der Waals surface area contributed by atoms with Crippen molar-refractivity contribution in [3.63, 3.8) is 0 Å². The van der Waals surface area contributed by atoms with Crippen LogP contribution in [-0.4, -0.2) is 40.5 Å². The van der Waals surface area contributed by atoms with E-state index < -0.39 is 40.9 Å². The van der Waals surface area contributed by atoms with Gasteiger partial charge in [-0.3, -0.25) is 25.0 Å². The minimum Gasteiger partial charge on any atom is -0.481 e. The zero-order valence-corrected chi connectivity index (χ0v) is 15.1. The van der Waals surface area contributed by atoms with Gasteiger partial charge >= 0.3 is 12.0 Å². The molecule has 2 N–H and O–H groups in total. The predicted molar refractivity (Wildman–Crippen MR) is 102 cm³/mol. The third kappa shape index (κ3) is 4.14. The van der Waals surface area contributed by atoms with Gasteiger partial charge in [-0.05, 0) is 18.2 Å². The van der Waals surface area contributed by atoms with E-state index in [1.165, 1.54) is 30.3 Å². The fourth-order valence-electron chi connectivity index (χ4n) is 2.66. The SMILES string of the molecule is O=C(O)COc1ccccc1C=C1C(=O)NC(=O)N(c2cccc([N+](=O)[O-])c2)C1=O. The molecular weight excluding hydrogens is 398 g/mol. The van der Waals surface area contributed by atoms with Crippen molar-refractivity contribution in [1.29, 1.82) is 0 Å². The van der Waals surface area contributed by atoms with Crippen LogP contribution in [0.1, 0.15) is 5.56 Å². The van der Waals surface area contributed by atoms with Crippen molar-refractivity contribution >= 4 is 41.3 Å². The zero-order chi connectivity index (χ0) is 21.8. The average molecular weight is 411 g/mol. The van der Waals surface area contributed by atoms with Gasteiger partial charge in [0.05, 0.1) is 10.6 Å². The molecule has 11 nitrogen and oxygen atoms in total. The number of aliphatic carboxylic acids is 1. The normalized spacial score (nSPS) is 15.1. The first kappa shape index (κ1) is 20.2. The van der Waals surface area contributed by atoms with E-state index >= 15 is 0 Å². The lowest BCUT2D eigenvalue weighted by atomic mass is 10.1. The third-order valence-electron chi connectivity index (χ3n) is 3.97. The number of hydrogen-bond donors (Lipinski definition) is 2. The molecule has 1 heterocycles. The summed E-state index contributed by atoms with van der Waals surface area (Å²) in [6.07, 6.45) is 1.14. The molecule has 1 fully saturated rings. The van der Waals surface area contributed by atoms with Gasteiger partial charge in [0.1, 0.15) is 11.3 Å². The molecule has 3 rings (SSSR count). The molecule has 0 aromatic heterocycles. The van der Waals surface area contributed by atoms with Crippen LogP contribution < -0.4 is 15.0 Å². The summed E-state index contributed by atoms with van der Waals surface area (Å²) < 4.78 is 5.14. The van der Waals surface area contributed by atoms with Gasteiger partial charge in [-0.2, -0.15) is 0 Å². The van der Waals surface area contributed by atoms with Gasteiger partial charge in [0.2, 0.25) is 0 Å². The smallest absolute Gasteiger partial charge is 0.341 e. The molecular formula is C19H13N3O8. The van der Waals surface area contributed by atoms with Gasteiger partial charge < -0.3 is 9.84 Å². The number of hydrogen-bond acceptors (Lipinski definition) is 7. The van der Waals surface area contributed by atoms with Crippen molar-refractivity contribution < 1.29 is 33.9 Å². The molecule has 0 spiro atoms. The Morgan fingerprint density at radius 3 is 2.60 bits per heavy atom. The van der Waals surface area contributed by atoms with Gasteiger partial charge in [-0.1, -0.05) is 24.3 Å². The van der Waals surface area contributed by atoms with E-state index in [1.807, 2.05) is 5.32 Å². The first-order valence-corrected chi connectivity index (χ1v) is 8.37. The van der Waals surface area contributed by atoms with Gasteiger partial charge in [0, 0.05) is 17.7 Å². The van der Waals surface area contributed by atoms with Crippen molar-refractivity contribution in [3.05, 3.63) is 69.8 Å². The van der Waals surface area contributed by atoms with Crippen LogP contribution in [0.3, 0.4) is 0 Å². The number of nitro groups is 1. The van der Waals surface area contributed by atoms with E-state index in [-0.39, 0.29) is 22.7 Å². The summed E-state index contributed by atoms with van der Waals surface area (Å²) in [6.45, 7) is -0.640. The number of rotatable bonds is 6. The average Bonchev–Trinajstić information content (AvgIpc) is 2.70. The first-order valence-electron chi connectivity index (χ1n) is 8.37. The molecule has 0 aliphatic carbocycles. The zero-order valence-electron chi connectivity index (χ0n) is 15.1. The Morgan fingerprint density at radius 2 is 1.90 bits per heavy atom. The Bertz CT molecular complexity index is 1110. The maximum Gasteiger partial charge on any atom is 0.341 e. The van der Waals surface area contributed by atoms with Gasteiger partial charge in [0.15, 0.2) is 6.61 Å². The number of non-ortho nitro benzene ring substituents is 1. The molecule has 152 valence electrons. The molecule has 0 radical (unpaired) electrons. The van der Waals surface area contributed by atoms with Gasteiger partial charge in [-0.15, -0.1) is 0 Å². The van der Waals surface area contributed by atoms with E-state index in [2.05, 4.69) is 0 Å². The van der Waals surface area contributed by atoms with Gasteiger partial charge in [0.25, 0.3) is 17.5 Å². The number of benzene rings is 2. The summed E-state index contributed by atoms with van der Waals surface area (Å²) in [4.78, 5) is 59.0. The fraction of sp³-hybridized carbons (Fsp3) is 0.0526. The number of nitrogens with zero attached hydrogens (tertiary/aromatic N) is 2. The molecule has 2 aromatic carbocycles. The standard InChI is InChI=1S/C19H13N3O8/c23-16(24)10-30-15-7-2-1-4-11(15)8-14-17(25)20-19(27)21(18(14)26)12-5-3-6-13(9-12)22(28)29/h1-9H,10H2,(H,23,24)(H,20,25,27). The maximum atomic E-state index is 12.9. The second-order valence-electron chi connectivity index (χ2n) is 5.96. The van der Waals surface area contributed by atoms with Crippen molar-refractivity contribution in [2.75, 3.05) is 11.5 Å². The van der Waals surface area contributed by atoms with Crippen LogP contribution in [0.2, 0.25) is 0 Å². The van der Waals surface area contributed by atoms with Crippen molar-refractivity contribution in [1.82, 2.24) is 5.32 Å². The number of carbonyl (C=O) groups is 4. The number of carbonyl (C=O) groups excluding carboxylic acids is 3. The topological polar surface area (TPSA) is 156 Å². The number of anilines is 1. The number of imide groups is 2. The van der Waals surface area contributed by atoms with Crippen LogP contribution in [0.15, 0.2) is 54.1 Å². The van der Waals surface area contributed by atoms with Crippen LogP contribution >= 0.6 is 0 Å². The lowest BCUT2D eigenvalue weighted by molar-refractivity contribution is -0.384. The lowest BCUT2D eigenvalue weighted by Crippen LogP contribution is -2.54. The summed E-state index contributed by atoms with van der Waals surface area (Å²) >= 11 is 0. The Labute approximate surface area is 168 Å². The molecule has 0 unspecified atom stereocenters. The number of carboxylic acids is 1. The van der Waals surface area contributed by atoms with Crippen LogP contribution in [0.5, 0.6) is 5.75 Å². The number of nitrogens with one attached hydrogen (secondary N) is 1. The van der Waals surface area contributed by atoms with E-state index in [0.29, 0.717) is 4.90 Å². The number of nitro benzene ring substituents is 1. The quantitative estimate of drug-likeness (QED) is 0.315. The van der Waals surface area contributed by atoms with Crippen LogP contribution in [-0.2, 0) is 14.4 Å². The van der Waals surface area contributed by atoms with Crippen LogP contribution in [0.25, 0.3) is 6.08 Å². The number of urea groups is 1. The molecule has 30 heavy (non-hydrogen) atoms. The molecule has 1 aliphatic heterocycles. The summed E-state index contributed by atoms with van der Waals surface area (Å²) in [5, 5.41) is 21.8. The summed E-state index contributed by atoms with van der Waals surface area (Å²) in [5.41, 5.74) is -0.651. The van der Waals surface area contributed by atoms with E-state index in [1.54, 1.807) is 12.1 Å². The summed E-state index contributed by atoms with van der Waals surface area (Å²) in [6, 6.07) is 9.84. The lowest BCUT2D eigenvalue weighted by Gasteiger charge is -2.26. The largest absolute Gasteiger partial charge is 0.481 e. The monoisotopic (exact) mass is 411 g/mol. The highest BCUT2D eigenvalue weighted by atomic mass is 16.6. The first-order chi connectivity index (χ1) is 14.3. The van der Waals surface area contributed by atoms with E-state index in [4.69, 9.17) is 9.84 Å². The number of amides is 4. The minimum atomic E-state index is -1.22. The van der Waals surface area contributed by atoms with Crippen molar-refractivity contribution in [2.24, 2.45) is 0 Å². The fourth-order valence-corrected chi connectivity index (χ4v) is 2.66. The van der Waals surface area contributed by atoms with E-state index in [0.717, 1.165) is 12.1 Å². The Hall–Kier alpha value is -4.54. The number of carboxylic acid groups (broad SMARTS) is 1. The minimum absolute atomic E-state index is 0.0967. The highest BCUT2D eigenvalue weighted by Gasteiger charge is 2.37. The highest BCUT2D eigenvalue weighted by Crippen LogP contribution is 2.27. The number of para-hydroxylation sites is 1. The summed E-state index contributed by atoms with van der Waals surface area (Å²) in [5.74, 6) is -3.09. The molecule has 1 saturated heterocycles. The molecule has 0 bridgehead atoms. The second kappa shape index (κ2) is 8.22. The number of barbiturate groups is 1. The Kier molecular flexibility index (Phi) is 5.54. The second-order valence-corrected chi connectivity index (χ2v) is 5.96. The number of ether oxygens (including phenoxy) is 1. The predicted octanol–water partition coefficient (Wildman–Crippen LogP) is 1.72. The molecule has 4 amide bonds. The molecule has 0 atom stereocenters. The van der Waals surface area contributed by atoms with Crippen molar-refractivity contribution in [2.45, 2.75) is 0 Å². The molecule has 11 heteroatoms. The van der Waals surface area contributed by atoms with Gasteiger partial charge in [-0.25, -0.2) is 14.5 Å². The maximum absolute atomic E-state index is 12.9. The van der Waals surface area contributed by atoms with Crippen LogP contribution in [0, 0.1) is 10.1 Å². The molecule has 0 saturated carbocycles. The Balaban J connectivity index is 2.00. The molecule has 2 aromatic rings. The molecule has 1 aliphatic rings. The Morgan fingerprint density at radius 1 is 1.17 bits per heavy atom. The summed E-state index contributed by atoms with van der Waals surface area (Å²) in [7, 11) is 0. The van der Waals surface area contributed by atoms with E-state index in [9.17, 15) is 29.3 Å². The van der Waals surface area contributed by atoms with Crippen molar-refractivity contribution in [3.8, 4) is 5.75 Å².